The molecule has 1 fully saturated rings. The van der Waals surface area contributed by atoms with Crippen LogP contribution in [0.1, 0.15) is 20.9 Å². The molecule has 0 atom stereocenters. The van der Waals surface area contributed by atoms with E-state index in [1.807, 2.05) is 12.1 Å². The van der Waals surface area contributed by atoms with Crippen LogP contribution in [0.3, 0.4) is 0 Å². The minimum absolute atomic E-state index is 0.322. The third-order valence-corrected chi connectivity index (χ3v) is 6.52. The van der Waals surface area contributed by atoms with Gasteiger partial charge in [-0.15, -0.1) is 5.10 Å². The van der Waals surface area contributed by atoms with Crippen molar-refractivity contribution in [1.29, 1.82) is 5.26 Å². The minimum atomic E-state index is -0.347. The number of carbonyl (C=O) groups excluding carboxylic acids is 1. The summed E-state index contributed by atoms with van der Waals surface area (Å²) in [4.78, 5) is 24.2. The largest absolute Gasteiger partial charge is 0.378 e. The van der Waals surface area contributed by atoms with Gasteiger partial charge in [-0.3, -0.25) is 4.79 Å². The molecule has 0 unspecified atom stereocenters. The Kier molecular flexibility index (Phi) is 6.79. The van der Waals surface area contributed by atoms with Gasteiger partial charge in [0.25, 0.3) is 5.91 Å². The quantitative estimate of drug-likeness (QED) is 0.405. The van der Waals surface area contributed by atoms with Gasteiger partial charge < -0.3 is 20.3 Å². The predicted molar refractivity (Wildman–Crippen MR) is 138 cm³/mol. The van der Waals surface area contributed by atoms with Crippen LogP contribution in [0.2, 0.25) is 0 Å². The zero-order valence-corrected chi connectivity index (χ0v) is 20.2. The zero-order valence-electron chi connectivity index (χ0n) is 19.4. The van der Waals surface area contributed by atoms with E-state index in [0.29, 0.717) is 33.5 Å². The minimum Gasteiger partial charge on any atom is -0.378 e. The molecular weight excluding hydrogens is 476 g/mol. The van der Waals surface area contributed by atoms with Gasteiger partial charge in [-0.1, -0.05) is 10.6 Å². The number of nitrogens with one attached hydrogen (secondary N) is 2. The van der Waals surface area contributed by atoms with Gasteiger partial charge in [0, 0.05) is 36.2 Å². The lowest BCUT2D eigenvalue weighted by Gasteiger charge is -2.28. The van der Waals surface area contributed by atoms with E-state index in [-0.39, 0.29) is 5.91 Å². The number of aryl methyl sites for hydroxylation is 1. The van der Waals surface area contributed by atoms with Crippen LogP contribution in [-0.4, -0.2) is 51.8 Å². The van der Waals surface area contributed by atoms with Crippen molar-refractivity contribution in [1.82, 2.24) is 19.6 Å². The maximum absolute atomic E-state index is 12.5. The highest BCUT2D eigenvalue weighted by atomic mass is 32.1. The molecule has 2 aromatic carbocycles. The van der Waals surface area contributed by atoms with Gasteiger partial charge in [-0.2, -0.15) is 5.26 Å². The first-order valence-electron chi connectivity index (χ1n) is 11.3. The number of rotatable bonds is 6. The number of nitrogens with zero attached hydrogens (tertiary/aromatic N) is 6. The molecule has 1 aliphatic heterocycles. The molecule has 0 saturated carbocycles. The topological polar surface area (TPSA) is 129 Å². The molecule has 180 valence electrons. The fourth-order valence-electron chi connectivity index (χ4n) is 3.81. The normalized spacial score (nSPS) is 13.2. The van der Waals surface area contributed by atoms with Gasteiger partial charge in [-0.25, -0.2) is 9.97 Å². The fraction of sp³-hybridized carbons (Fsp3) is 0.200. The van der Waals surface area contributed by atoms with E-state index < -0.39 is 0 Å². The van der Waals surface area contributed by atoms with Crippen LogP contribution in [0, 0.1) is 18.3 Å². The van der Waals surface area contributed by atoms with E-state index in [4.69, 9.17) is 4.74 Å². The second-order valence-electron chi connectivity index (χ2n) is 8.05. The monoisotopic (exact) mass is 498 g/mol. The third-order valence-electron chi connectivity index (χ3n) is 5.70. The van der Waals surface area contributed by atoms with Crippen LogP contribution in [-0.2, 0) is 4.74 Å². The number of hydrogen-bond donors (Lipinski definition) is 2. The van der Waals surface area contributed by atoms with E-state index in [0.717, 1.165) is 54.8 Å². The number of aromatic nitrogens is 4. The lowest BCUT2D eigenvalue weighted by molar-refractivity contribution is 0.102. The number of benzene rings is 2. The number of nitriles is 1. The molecule has 1 saturated heterocycles. The molecule has 4 aromatic rings. The highest BCUT2D eigenvalue weighted by molar-refractivity contribution is 7.08. The van der Waals surface area contributed by atoms with Crippen molar-refractivity contribution < 1.29 is 9.53 Å². The van der Waals surface area contributed by atoms with Crippen molar-refractivity contribution in [2.75, 3.05) is 41.8 Å². The van der Waals surface area contributed by atoms with Crippen molar-refractivity contribution >= 4 is 40.5 Å². The first-order valence-corrected chi connectivity index (χ1v) is 12.1. The Morgan fingerprint density at radius 1 is 1.14 bits per heavy atom. The van der Waals surface area contributed by atoms with E-state index in [1.54, 1.807) is 37.4 Å². The zero-order chi connectivity index (χ0) is 24.9. The highest BCUT2D eigenvalue weighted by Crippen LogP contribution is 2.26. The van der Waals surface area contributed by atoms with Crippen LogP contribution >= 0.6 is 11.5 Å². The number of amides is 1. The molecule has 1 aliphatic rings. The van der Waals surface area contributed by atoms with Gasteiger partial charge in [-0.05, 0) is 60.9 Å². The average Bonchev–Trinajstić information content (AvgIpc) is 3.36. The summed E-state index contributed by atoms with van der Waals surface area (Å²) >= 11 is 1.01. The summed E-state index contributed by atoms with van der Waals surface area (Å²) in [6, 6.07) is 17.2. The Hall–Kier alpha value is -4.40. The summed E-state index contributed by atoms with van der Waals surface area (Å²) < 4.78 is 9.20. The van der Waals surface area contributed by atoms with Crippen LogP contribution in [0.4, 0.5) is 23.0 Å². The average molecular weight is 499 g/mol. The van der Waals surface area contributed by atoms with E-state index in [1.165, 1.54) is 0 Å². The second kappa shape index (κ2) is 10.5. The molecule has 0 aliphatic carbocycles. The Bertz CT molecular complexity index is 1420. The van der Waals surface area contributed by atoms with Crippen molar-refractivity contribution in [3.8, 4) is 17.3 Å². The number of ether oxygens (including phenoxy) is 1. The summed E-state index contributed by atoms with van der Waals surface area (Å²) in [6.45, 7) is 4.96. The molecule has 36 heavy (non-hydrogen) atoms. The van der Waals surface area contributed by atoms with Crippen molar-refractivity contribution in [2.24, 2.45) is 0 Å². The van der Waals surface area contributed by atoms with E-state index in [9.17, 15) is 10.1 Å². The molecular formula is C25H22N8O2S. The maximum atomic E-state index is 12.5. The first-order chi connectivity index (χ1) is 17.6. The molecule has 0 radical (unpaired) electrons. The maximum Gasteiger partial charge on any atom is 0.269 e. The Balaban J connectivity index is 1.31. The van der Waals surface area contributed by atoms with Gasteiger partial charge >= 0.3 is 0 Å². The van der Waals surface area contributed by atoms with E-state index >= 15 is 0 Å². The Labute approximate surface area is 211 Å². The van der Waals surface area contributed by atoms with Crippen molar-refractivity contribution in [3.05, 3.63) is 70.9 Å². The molecule has 2 N–H and O–H groups in total. The van der Waals surface area contributed by atoms with Gasteiger partial charge in [0.1, 0.15) is 10.9 Å². The second-order valence-corrected chi connectivity index (χ2v) is 8.80. The first kappa shape index (κ1) is 23.3. The van der Waals surface area contributed by atoms with Gasteiger partial charge in [0.05, 0.1) is 35.9 Å². The Morgan fingerprint density at radius 3 is 2.67 bits per heavy atom. The van der Waals surface area contributed by atoms with Crippen LogP contribution in [0.25, 0.3) is 11.3 Å². The van der Waals surface area contributed by atoms with Crippen LogP contribution in [0.5, 0.6) is 0 Å². The SMILES string of the molecule is Cc1nnsc1C(=O)Nc1ccc(-c2ccnc(Nc3ccc(N4CCOCC4)cc3)n2)cc1C#N. The summed E-state index contributed by atoms with van der Waals surface area (Å²) in [7, 11) is 0. The van der Waals surface area contributed by atoms with Crippen molar-refractivity contribution in [3.63, 3.8) is 0 Å². The predicted octanol–water partition coefficient (Wildman–Crippen LogP) is 4.01. The molecule has 0 bridgehead atoms. The number of anilines is 4. The van der Waals surface area contributed by atoms with E-state index in [2.05, 4.69) is 53.3 Å². The summed E-state index contributed by atoms with van der Waals surface area (Å²) in [5.74, 6) is 0.0931. The summed E-state index contributed by atoms with van der Waals surface area (Å²) in [6.07, 6.45) is 1.66. The molecule has 2 aromatic heterocycles. The summed E-state index contributed by atoms with van der Waals surface area (Å²) in [5, 5.41) is 19.5. The van der Waals surface area contributed by atoms with Gasteiger partial charge in [0.2, 0.25) is 5.95 Å². The molecule has 1 amide bonds. The Morgan fingerprint density at radius 2 is 1.94 bits per heavy atom. The number of morpholine rings is 1. The summed E-state index contributed by atoms with van der Waals surface area (Å²) in [5.41, 5.74) is 4.67. The lowest BCUT2D eigenvalue weighted by atomic mass is 10.1. The molecule has 3 heterocycles. The molecule has 11 heteroatoms. The van der Waals surface area contributed by atoms with Crippen molar-refractivity contribution in [2.45, 2.75) is 6.92 Å². The fourth-order valence-corrected chi connectivity index (χ4v) is 4.36. The smallest absolute Gasteiger partial charge is 0.269 e. The molecule has 0 spiro atoms. The molecule has 10 nitrogen and oxygen atoms in total. The van der Waals surface area contributed by atoms with Crippen LogP contribution in [0.15, 0.2) is 54.7 Å². The standard InChI is InChI=1S/C25H22N8O2S/c1-16-23(36-32-31-16)24(34)29-21-7-2-17(14-18(21)15-26)22-8-9-27-25(30-22)28-19-3-5-20(6-4-19)33-10-12-35-13-11-33/h2-9,14H,10-13H2,1H3,(H,29,34)(H,27,28,30). The number of hydrogen-bond acceptors (Lipinski definition) is 10. The highest BCUT2D eigenvalue weighted by Gasteiger charge is 2.16. The number of carbonyl (C=O) groups is 1. The van der Waals surface area contributed by atoms with Gasteiger partial charge in [0.15, 0.2) is 0 Å². The van der Waals surface area contributed by atoms with Crippen LogP contribution < -0.4 is 15.5 Å². The third kappa shape index (κ3) is 5.14. The molecule has 5 rings (SSSR count). The lowest BCUT2D eigenvalue weighted by Crippen LogP contribution is -2.36.